The topological polar surface area (TPSA) is 106 Å². The fourth-order valence-corrected chi connectivity index (χ4v) is 2.74. The van der Waals surface area contributed by atoms with E-state index in [4.69, 9.17) is 9.25 Å². The molecule has 0 atom stereocenters. The molecule has 0 unspecified atom stereocenters. The van der Waals surface area contributed by atoms with Gasteiger partial charge in [-0.25, -0.2) is 4.79 Å². The average Bonchev–Trinajstić information content (AvgIpc) is 3.12. The van der Waals surface area contributed by atoms with Crippen LogP contribution in [0.5, 0.6) is 0 Å². The van der Waals surface area contributed by atoms with Gasteiger partial charge in [0.05, 0.1) is 16.7 Å². The zero-order chi connectivity index (χ0) is 16.8. The number of furan rings is 1. The van der Waals surface area contributed by atoms with Gasteiger partial charge in [-0.2, -0.15) is 0 Å². The lowest BCUT2D eigenvalue weighted by Gasteiger charge is -2.14. The summed E-state index contributed by atoms with van der Waals surface area (Å²) in [5.41, 5.74) is 0.256. The largest absolute Gasteiger partial charge is 0.467 e. The Hall–Kier alpha value is -3.42. The molecule has 0 spiro atoms. The van der Waals surface area contributed by atoms with E-state index >= 15 is 0 Å². The fourth-order valence-electron chi connectivity index (χ4n) is 2.74. The van der Waals surface area contributed by atoms with Crippen molar-refractivity contribution in [3.8, 4) is 0 Å². The number of rotatable bonds is 2. The van der Waals surface area contributed by atoms with Gasteiger partial charge in [-0.15, -0.1) is 0 Å². The van der Waals surface area contributed by atoms with Crippen molar-refractivity contribution in [2.75, 3.05) is 6.54 Å². The molecule has 0 saturated carbocycles. The standard InChI is InChI=1S/C16H10N2O6/c19-13-12-10(7-23-11(12)5-6-17-13)16(22)24-18-14(20)8-3-1-2-4-9(8)15(18)21/h1-4,7H,5-6H2,(H,17,19). The van der Waals surface area contributed by atoms with Gasteiger partial charge in [-0.1, -0.05) is 17.2 Å². The van der Waals surface area contributed by atoms with Crippen LogP contribution in [0.15, 0.2) is 34.9 Å². The van der Waals surface area contributed by atoms with Crippen LogP contribution in [0.2, 0.25) is 0 Å². The zero-order valence-corrected chi connectivity index (χ0v) is 12.2. The minimum atomic E-state index is -1.01. The summed E-state index contributed by atoms with van der Waals surface area (Å²) in [6.45, 7) is 0.409. The van der Waals surface area contributed by atoms with Crippen LogP contribution in [0, 0.1) is 0 Å². The Bertz CT molecular complexity index is 878. The van der Waals surface area contributed by atoms with Gasteiger partial charge in [-0.05, 0) is 12.1 Å². The van der Waals surface area contributed by atoms with Crippen LogP contribution in [0.4, 0.5) is 0 Å². The van der Waals surface area contributed by atoms with E-state index in [1.54, 1.807) is 12.1 Å². The first-order valence-electron chi connectivity index (χ1n) is 7.16. The molecule has 3 amide bonds. The highest BCUT2D eigenvalue weighted by molar-refractivity contribution is 6.21. The second kappa shape index (κ2) is 5.05. The molecule has 0 aliphatic carbocycles. The van der Waals surface area contributed by atoms with Crippen molar-refractivity contribution in [1.82, 2.24) is 10.4 Å². The number of nitrogens with one attached hydrogen (secondary N) is 1. The number of carbonyl (C=O) groups is 4. The molecule has 0 fully saturated rings. The van der Waals surface area contributed by atoms with E-state index in [1.807, 2.05) is 0 Å². The predicted molar refractivity (Wildman–Crippen MR) is 77.1 cm³/mol. The predicted octanol–water partition coefficient (Wildman–Crippen LogP) is 0.933. The van der Waals surface area contributed by atoms with Crippen molar-refractivity contribution in [3.63, 3.8) is 0 Å². The van der Waals surface area contributed by atoms with Crippen LogP contribution in [0.3, 0.4) is 0 Å². The van der Waals surface area contributed by atoms with E-state index in [2.05, 4.69) is 5.32 Å². The molecule has 4 rings (SSSR count). The van der Waals surface area contributed by atoms with E-state index < -0.39 is 23.7 Å². The lowest BCUT2D eigenvalue weighted by Crippen LogP contribution is -2.35. The summed E-state index contributed by atoms with van der Waals surface area (Å²) in [5.74, 6) is -2.56. The van der Waals surface area contributed by atoms with Crippen molar-refractivity contribution in [3.05, 3.63) is 58.5 Å². The summed E-state index contributed by atoms with van der Waals surface area (Å²) < 4.78 is 5.21. The fraction of sp³-hybridized carbons (Fsp3) is 0.125. The van der Waals surface area contributed by atoms with Crippen molar-refractivity contribution in [2.24, 2.45) is 0 Å². The van der Waals surface area contributed by atoms with Crippen LogP contribution < -0.4 is 5.32 Å². The summed E-state index contributed by atoms with van der Waals surface area (Å²) in [7, 11) is 0. The van der Waals surface area contributed by atoms with Crippen LogP contribution in [-0.4, -0.2) is 35.3 Å². The molecular weight excluding hydrogens is 316 g/mol. The maximum absolute atomic E-state index is 12.3. The van der Waals surface area contributed by atoms with Crippen molar-refractivity contribution in [2.45, 2.75) is 6.42 Å². The highest BCUT2D eigenvalue weighted by atomic mass is 16.7. The highest BCUT2D eigenvalue weighted by Gasteiger charge is 2.40. The van der Waals surface area contributed by atoms with Crippen molar-refractivity contribution < 1.29 is 28.4 Å². The average molecular weight is 326 g/mol. The number of hydroxylamine groups is 2. The summed E-state index contributed by atoms with van der Waals surface area (Å²) in [6.07, 6.45) is 1.54. The molecule has 0 bridgehead atoms. The van der Waals surface area contributed by atoms with E-state index in [0.29, 0.717) is 23.8 Å². The van der Waals surface area contributed by atoms with Crippen LogP contribution >= 0.6 is 0 Å². The second-order valence-corrected chi connectivity index (χ2v) is 5.28. The Morgan fingerprint density at radius 2 is 1.79 bits per heavy atom. The van der Waals surface area contributed by atoms with Crippen LogP contribution in [0.1, 0.15) is 47.2 Å². The second-order valence-electron chi connectivity index (χ2n) is 5.28. The Kier molecular flexibility index (Phi) is 2.99. The maximum atomic E-state index is 12.3. The molecule has 0 radical (unpaired) electrons. The molecule has 1 aromatic carbocycles. The third-order valence-corrected chi connectivity index (χ3v) is 3.88. The molecule has 3 heterocycles. The van der Waals surface area contributed by atoms with Gasteiger partial charge in [-0.3, -0.25) is 14.4 Å². The molecule has 2 aromatic rings. The number of fused-ring (bicyclic) bond motifs is 2. The minimum absolute atomic E-state index is 0.0721. The van der Waals surface area contributed by atoms with E-state index in [1.165, 1.54) is 12.1 Å². The summed E-state index contributed by atoms with van der Waals surface area (Å²) in [5, 5.41) is 2.99. The van der Waals surface area contributed by atoms with Gasteiger partial charge in [0.25, 0.3) is 17.7 Å². The molecule has 8 nitrogen and oxygen atoms in total. The maximum Gasteiger partial charge on any atom is 0.368 e. The molecule has 2 aliphatic heterocycles. The minimum Gasteiger partial charge on any atom is -0.467 e. The normalized spacial score (nSPS) is 15.8. The van der Waals surface area contributed by atoms with E-state index in [0.717, 1.165) is 6.26 Å². The monoisotopic (exact) mass is 326 g/mol. The van der Waals surface area contributed by atoms with Gasteiger partial charge in [0.1, 0.15) is 17.6 Å². The van der Waals surface area contributed by atoms with Gasteiger partial charge >= 0.3 is 5.97 Å². The van der Waals surface area contributed by atoms with Crippen LogP contribution in [-0.2, 0) is 11.3 Å². The van der Waals surface area contributed by atoms with E-state index in [-0.39, 0.29) is 22.3 Å². The molecule has 2 aliphatic rings. The smallest absolute Gasteiger partial charge is 0.368 e. The number of benzene rings is 1. The summed E-state index contributed by atoms with van der Waals surface area (Å²) in [4.78, 5) is 53.5. The quantitative estimate of drug-likeness (QED) is 0.823. The SMILES string of the molecule is O=C(ON1C(=O)c2ccccc2C1=O)c1coc2c1C(=O)NCC2. The number of amides is 3. The molecule has 1 N–H and O–H groups in total. The van der Waals surface area contributed by atoms with Crippen LogP contribution in [0.25, 0.3) is 0 Å². The number of hydrogen-bond acceptors (Lipinski definition) is 6. The van der Waals surface area contributed by atoms with Gasteiger partial charge in [0.15, 0.2) is 0 Å². The number of imide groups is 1. The number of nitrogens with zero attached hydrogens (tertiary/aromatic N) is 1. The first-order chi connectivity index (χ1) is 11.6. The molecular formula is C16H10N2O6. The third kappa shape index (κ3) is 1.93. The molecule has 1 aromatic heterocycles. The van der Waals surface area contributed by atoms with E-state index in [9.17, 15) is 19.2 Å². The zero-order valence-electron chi connectivity index (χ0n) is 12.2. The first kappa shape index (κ1) is 14.2. The molecule has 8 heteroatoms. The van der Waals surface area contributed by atoms with Crippen molar-refractivity contribution >= 4 is 23.7 Å². The Labute approximate surface area is 134 Å². The lowest BCUT2D eigenvalue weighted by atomic mass is 10.1. The number of carbonyl (C=O) groups excluding carboxylic acids is 4. The van der Waals surface area contributed by atoms with Gasteiger partial charge in [0, 0.05) is 13.0 Å². The Morgan fingerprint density at radius 1 is 1.12 bits per heavy atom. The number of hydrogen-bond donors (Lipinski definition) is 1. The Morgan fingerprint density at radius 3 is 2.46 bits per heavy atom. The van der Waals surface area contributed by atoms with Gasteiger partial charge in [0.2, 0.25) is 0 Å². The molecule has 0 saturated heterocycles. The molecule has 120 valence electrons. The van der Waals surface area contributed by atoms with Gasteiger partial charge < -0.3 is 14.6 Å². The first-order valence-corrected chi connectivity index (χ1v) is 7.16. The Balaban J connectivity index is 1.63. The lowest BCUT2D eigenvalue weighted by molar-refractivity contribution is -0.0585. The third-order valence-electron chi connectivity index (χ3n) is 3.88. The molecule has 24 heavy (non-hydrogen) atoms. The van der Waals surface area contributed by atoms with Crippen molar-refractivity contribution in [1.29, 1.82) is 0 Å². The summed E-state index contributed by atoms with van der Waals surface area (Å²) >= 11 is 0. The summed E-state index contributed by atoms with van der Waals surface area (Å²) in [6, 6.07) is 6.14. The highest BCUT2D eigenvalue weighted by Crippen LogP contribution is 2.26.